The van der Waals surface area contributed by atoms with Crippen molar-refractivity contribution in [2.24, 2.45) is 5.10 Å². The molecule has 1 saturated heterocycles. The van der Waals surface area contributed by atoms with Gasteiger partial charge in [0.05, 0.1) is 17.7 Å². The number of piperazine rings is 1. The van der Waals surface area contributed by atoms with Crippen LogP contribution in [-0.2, 0) is 21.4 Å². The van der Waals surface area contributed by atoms with E-state index in [0.29, 0.717) is 26.2 Å². The zero-order valence-corrected chi connectivity index (χ0v) is 22.9. The summed E-state index contributed by atoms with van der Waals surface area (Å²) in [4.78, 5) is 14.7. The smallest absolute Gasteiger partial charge is 0.254 e. The predicted molar refractivity (Wildman–Crippen MR) is 150 cm³/mol. The van der Waals surface area contributed by atoms with Gasteiger partial charge in [0.2, 0.25) is 10.0 Å². The first-order chi connectivity index (χ1) is 17.9. The first-order valence-electron chi connectivity index (χ1n) is 12.2. The van der Waals surface area contributed by atoms with E-state index in [2.05, 4.69) is 62.2 Å². The Bertz CT molecular complexity index is 1570. The van der Waals surface area contributed by atoms with Gasteiger partial charge in [-0.05, 0) is 55.0 Å². The number of aryl methyl sites for hydroxylation is 1. The van der Waals surface area contributed by atoms with E-state index in [1.54, 1.807) is 30.5 Å². The SMILES string of the molecule is CCn1c2ccccc2c2cc(/C=N\NC(=O)CN3CCN(S(=O)(=O)c4ccc(Br)cc4)CC3)ccc21. The minimum absolute atomic E-state index is 0.159. The van der Waals surface area contributed by atoms with Gasteiger partial charge < -0.3 is 4.57 Å². The van der Waals surface area contributed by atoms with Crippen LogP contribution < -0.4 is 5.43 Å². The number of hydrogen-bond donors (Lipinski definition) is 1. The first-order valence-corrected chi connectivity index (χ1v) is 14.4. The third-order valence-corrected chi connectivity index (χ3v) is 9.11. The lowest BCUT2D eigenvalue weighted by molar-refractivity contribution is -0.122. The number of carbonyl (C=O) groups is 1. The number of fused-ring (bicyclic) bond motifs is 3. The van der Waals surface area contributed by atoms with Gasteiger partial charge in [0.1, 0.15) is 0 Å². The molecule has 1 aliphatic rings. The van der Waals surface area contributed by atoms with Crippen LogP contribution in [0.3, 0.4) is 0 Å². The third kappa shape index (κ3) is 5.33. The van der Waals surface area contributed by atoms with E-state index in [1.807, 2.05) is 23.1 Å². The summed E-state index contributed by atoms with van der Waals surface area (Å²) in [6.45, 7) is 4.80. The number of sulfonamides is 1. The van der Waals surface area contributed by atoms with Crippen LogP contribution in [0.4, 0.5) is 0 Å². The maximum absolute atomic E-state index is 12.9. The van der Waals surface area contributed by atoms with Gasteiger partial charge in [-0.15, -0.1) is 0 Å². The Morgan fingerprint density at radius 3 is 2.41 bits per heavy atom. The zero-order chi connectivity index (χ0) is 26.0. The highest BCUT2D eigenvalue weighted by molar-refractivity contribution is 9.10. The van der Waals surface area contributed by atoms with Gasteiger partial charge in [0.25, 0.3) is 5.91 Å². The van der Waals surface area contributed by atoms with Crippen molar-refractivity contribution < 1.29 is 13.2 Å². The van der Waals surface area contributed by atoms with Crippen molar-refractivity contribution in [1.29, 1.82) is 0 Å². The molecule has 1 aliphatic heterocycles. The lowest BCUT2D eigenvalue weighted by atomic mass is 10.1. The molecule has 0 bridgehead atoms. The zero-order valence-electron chi connectivity index (χ0n) is 20.5. The standard InChI is InChI=1S/C27H28BrN5O3S/c1-2-33-25-6-4-3-5-23(25)24-17-20(7-12-26(24)33)18-29-30-27(34)19-31-13-15-32(16-14-31)37(35,36)22-10-8-21(28)9-11-22/h3-12,17-18H,2,13-16,19H2,1H3,(H,30,34)/b29-18-. The van der Waals surface area contributed by atoms with Crippen LogP contribution in [0.2, 0.25) is 0 Å². The molecule has 0 atom stereocenters. The molecule has 4 aromatic rings. The van der Waals surface area contributed by atoms with Crippen LogP contribution in [0, 0.1) is 0 Å². The predicted octanol–water partition coefficient (Wildman–Crippen LogP) is 4.03. The van der Waals surface area contributed by atoms with Crippen molar-refractivity contribution in [3.63, 3.8) is 0 Å². The number of hydrogen-bond acceptors (Lipinski definition) is 5. The summed E-state index contributed by atoms with van der Waals surface area (Å²) in [5, 5.41) is 6.50. The Balaban J connectivity index is 1.17. The molecule has 0 aliphatic carbocycles. The number of aromatic nitrogens is 1. The van der Waals surface area contributed by atoms with E-state index in [0.717, 1.165) is 22.0 Å². The lowest BCUT2D eigenvalue weighted by Gasteiger charge is -2.33. The van der Waals surface area contributed by atoms with Gasteiger partial charge in [-0.1, -0.05) is 40.2 Å². The van der Waals surface area contributed by atoms with Crippen molar-refractivity contribution in [3.05, 3.63) is 76.8 Å². The van der Waals surface area contributed by atoms with Crippen LogP contribution in [-0.4, -0.2) is 67.0 Å². The molecule has 1 amide bonds. The fourth-order valence-corrected chi connectivity index (χ4v) is 6.48. The number of nitrogens with zero attached hydrogens (tertiary/aromatic N) is 4. The molecule has 0 spiro atoms. The average molecular weight is 583 g/mol. The van der Waals surface area contributed by atoms with Gasteiger partial charge in [0.15, 0.2) is 0 Å². The molecular formula is C27H28BrN5O3S. The number of benzene rings is 3. The molecule has 0 radical (unpaired) electrons. The topological polar surface area (TPSA) is 87.0 Å². The number of halogens is 1. The maximum atomic E-state index is 12.9. The van der Waals surface area contributed by atoms with Crippen molar-refractivity contribution in [2.75, 3.05) is 32.7 Å². The fraction of sp³-hybridized carbons (Fsp3) is 0.259. The van der Waals surface area contributed by atoms with E-state index in [4.69, 9.17) is 0 Å². The summed E-state index contributed by atoms with van der Waals surface area (Å²) in [7, 11) is -3.55. The van der Waals surface area contributed by atoms with E-state index in [-0.39, 0.29) is 17.3 Å². The highest BCUT2D eigenvalue weighted by atomic mass is 79.9. The minimum Gasteiger partial charge on any atom is -0.341 e. The highest BCUT2D eigenvalue weighted by Gasteiger charge is 2.29. The van der Waals surface area contributed by atoms with E-state index in [1.165, 1.54) is 20.7 Å². The lowest BCUT2D eigenvalue weighted by Crippen LogP contribution is -2.50. The summed E-state index contributed by atoms with van der Waals surface area (Å²) >= 11 is 3.33. The van der Waals surface area contributed by atoms with Gasteiger partial charge in [-0.2, -0.15) is 9.41 Å². The second-order valence-electron chi connectivity index (χ2n) is 8.97. The Kier molecular flexibility index (Phi) is 7.43. The third-order valence-electron chi connectivity index (χ3n) is 6.67. The largest absolute Gasteiger partial charge is 0.341 e. The Labute approximate surface area is 224 Å². The van der Waals surface area contributed by atoms with Crippen molar-refractivity contribution in [3.8, 4) is 0 Å². The van der Waals surface area contributed by atoms with Gasteiger partial charge in [-0.3, -0.25) is 9.69 Å². The molecule has 8 nitrogen and oxygen atoms in total. The van der Waals surface area contributed by atoms with Crippen LogP contribution in [0.15, 0.2) is 81.2 Å². The number of carbonyl (C=O) groups excluding carboxylic acids is 1. The number of rotatable bonds is 7. The van der Waals surface area contributed by atoms with E-state index < -0.39 is 10.0 Å². The van der Waals surface area contributed by atoms with Crippen LogP contribution in [0.5, 0.6) is 0 Å². The molecule has 5 rings (SSSR count). The molecule has 37 heavy (non-hydrogen) atoms. The summed E-state index contributed by atoms with van der Waals surface area (Å²) in [6, 6.07) is 21.1. The summed E-state index contributed by atoms with van der Waals surface area (Å²) in [5.74, 6) is -0.232. The Morgan fingerprint density at radius 2 is 1.68 bits per heavy atom. The Hall–Kier alpha value is -3.05. The van der Waals surface area contributed by atoms with Crippen LogP contribution in [0.25, 0.3) is 21.8 Å². The van der Waals surface area contributed by atoms with Gasteiger partial charge in [-0.25, -0.2) is 13.8 Å². The first kappa shape index (κ1) is 25.6. The second-order valence-corrected chi connectivity index (χ2v) is 11.8. The monoisotopic (exact) mass is 581 g/mol. The summed E-state index contributed by atoms with van der Waals surface area (Å²) in [5.41, 5.74) is 5.87. The quantitative estimate of drug-likeness (QED) is 0.263. The van der Waals surface area contributed by atoms with Crippen molar-refractivity contribution in [1.82, 2.24) is 19.2 Å². The number of amides is 1. The molecule has 192 valence electrons. The van der Waals surface area contributed by atoms with Crippen molar-refractivity contribution >= 4 is 59.9 Å². The number of nitrogens with one attached hydrogen (secondary N) is 1. The van der Waals surface area contributed by atoms with E-state index in [9.17, 15) is 13.2 Å². The Morgan fingerprint density at radius 1 is 0.973 bits per heavy atom. The fourth-order valence-electron chi connectivity index (χ4n) is 4.79. The molecule has 3 aromatic carbocycles. The molecular weight excluding hydrogens is 554 g/mol. The van der Waals surface area contributed by atoms with Crippen molar-refractivity contribution in [2.45, 2.75) is 18.4 Å². The summed E-state index contributed by atoms with van der Waals surface area (Å²) in [6.07, 6.45) is 1.65. The molecule has 1 aromatic heterocycles. The molecule has 1 fully saturated rings. The highest BCUT2D eigenvalue weighted by Crippen LogP contribution is 2.29. The molecule has 1 N–H and O–H groups in total. The molecule has 2 heterocycles. The normalized spacial score (nSPS) is 15.6. The second kappa shape index (κ2) is 10.7. The molecule has 0 unspecified atom stereocenters. The summed E-state index contributed by atoms with van der Waals surface area (Å²) < 4.78 is 30.3. The maximum Gasteiger partial charge on any atom is 0.254 e. The number of hydrazone groups is 1. The van der Waals surface area contributed by atoms with E-state index >= 15 is 0 Å². The van der Waals surface area contributed by atoms with Gasteiger partial charge in [0, 0.05) is 59.0 Å². The number of para-hydroxylation sites is 1. The van der Waals surface area contributed by atoms with Crippen LogP contribution in [0.1, 0.15) is 12.5 Å². The van der Waals surface area contributed by atoms with Gasteiger partial charge >= 0.3 is 0 Å². The van der Waals surface area contributed by atoms with Crippen LogP contribution >= 0.6 is 15.9 Å². The average Bonchev–Trinajstić information content (AvgIpc) is 3.22. The molecule has 10 heteroatoms. The minimum atomic E-state index is -3.55. The molecule has 0 saturated carbocycles.